The second kappa shape index (κ2) is 8.63. The number of rotatable bonds is 1. The van der Waals surface area contributed by atoms with Gasteiger partial charge in [0.25, 0.3) is 0 Å². The molecule has 3 heteroatoms. The predicted octanol–water partition coefficient (Wildman–Crippen LogP) is 5.41. The first-order valence-corrected chi connectivity index (χ1v) is 8.92. The molecule has 0 saturated carbocycles. The van der Waals surface area contributed by atoms with Gasteiger partial charge >= 0.3 is 0 Å². The Morgan fingerprint density at radius 3 is 1.95 bits per heavy atom. The molecule has 21 heavy (non-hydrogen) atoms. The van der Waals surface area contributed by atoms with E-state index >= 15 is 0 Å². The van der Waals surface area contributed by atoms with Crippen LogP contribution in [-0.2, 0) is 12.8 Å². The Kier molecular flexibility index (Phi) is 6.82. The molecule has 0 spiro atoms. The van der Waals surface area contributed by atoms with Crippen molar-refractivity contribution in [2.24, 2.45) is 0 Å². The Bertz CT molecular complexity index is 443. The number of nitrogens with zero attached hydrogens (tertiary/aromatic N) is 2. The Balaban J connectivity index is 2.18. The molecule has 1 aliphatic carbocycles. The van der Waals surface area contributed by atoms with Crippen molar-refractivity contribution in [3.05, 3.63) is 22.5 Å². The molecule has 2 heterocycles. The van der Waals surface area contributed by atoms with E-state index in [0.29, 0.717) is 0 Å². The van der Waals surface area contributed by atoms with Gasteiger partial charge < -0.3 is 4.90 Å². The number of aryl methyl sites for hydroxylation is 1. The highest BCUT2D eigenvalue weighted by atomic mass is 35.5. The van der Waals surface area contributed by atoms with Gasteiger partial charge in [0.05, 0.1) is 0 Å². The van der Waals surface area contributed by atoms with E-state index in [1.165, 1.54) is 69.0 Å². The second-order valence-electron chi connectivity index (χ2n) is 6.48. The van der Waals surface area contributed by atoms with Crippen molar-refractivity contribution in [2.75, 3.05) is 19.0 Å². The average molecular weight is 309 g/mol. The Hall–Kier alpha value is -0.760. The van der Waals surface area contributed by atoms with Gasteiger partial charge in [0, 0.05) is 31.0 Å². The van der Waals surface area contributed by atoms with Gasteiger partial charge in [0.15, 0.2) is 0 Å². The molecule has 1 aliphatic heterocycles. The molecule has 0 N–H and O–H groups in total. The molecule has 0 fully saturated rings. The molecule has 0 amide bonds. The topological polar surface area (TPSA) is 16.1 Å². The first-order chi connectivity index (χ1) is 10.2. The number of hydrogen-bond donors (Lipinski definition) is 0. The summed E-state index contributed by atoms with van der Waals surface area (Å²) < 4.78 is 0. The molecule has 0 saturated heterocycles. The molecule has 0 atom stereocenters. The van der Waals surface area contributed by atoms with Gasteiger partial charge in [-0.15, -0.1) is 0 Å². The zero-order chi connectivity index (χ0) is 15.1. The van der Waals surface area contributed by atoms with Crippen LogP contribution in [-0.4, -0.2) is 19.1 Å². The number of aromatic nitrogens is 1. The summed E-state index contributed by atoms with van der Waals surface area (Å²) in [6.07, 6.45) is 14.1. The Labute approximate surface area is 134 Å². The molecule has 2 nitrogen and oxygen atoms in total. The van der Waals surface area contributed by atoms with Crippen LogP contribution in [0.25, 0.3) is 0 Å². The van der Waals surface area contributed by atoms with E-state index < -0.39 is 0 Å². The molecule has 2 bridgehead atoms. The Morgan fingerprint density at radius 1 is 0.857 bits per heavy atom. The lowest BCUT2D eigenvalue weighted by molar-refractivity contribution is 0.559. The molecule has 118 valence electrons. The molecule has 0 aromatic carbocycles. The summed E-state index contributed by atoms with van der Waals surface area (Å²) >= 11 is 6.48. The normalized spacial score (nSPS) is 18.0. The van der Waals surface area contributed by atoms with Crippen LogP contribution >= 0.6 is 11.6 Å². The van der Waals surface area contributed by atoms with Crippen molar-refractivity contribution in [3.8, 4) is 0 Å². The first kappa shape index (κ1) is 16.6. The van der Waals surface area contributed by atoms with Gasteiger partial charge in [-0.25, -0.2) is 4.98 Å². The van der Waals surface area contributed by atoms with Crippen molar-refractivity contribution in [2.45, 2.75) is 70.6 Å². The number of hydrogen-bond acceptors (Lipinski definition) is 2. The third-order valence-electron chi connectivity index (χ3n) is 4.44. The average Bonchev–Trinajstić information content (AvgIpc) is 2.46. The summed E-state index contributed by atoms with van der Waals surface area (Å²) in [6.45, 7) is 0. The van der Waals surface area contributed by atoms with Crippen molar-refractivity contribution in [3.63, 3.8) is 0 Å². The summed E-state index contributed by atoms with van der Waals surface area (Å²) in [5.74, 6) is 0. The molecular formula is C18H29ClN2. The molecule has 2 aliphatic rings. The highest BCUT2D eigenvalue weighted by molar-refractivity contribution is 6.30. The van der Waals surface area contributed by atoms with Crippen LogP contribution in [0.2, 0.25) is 5.15 Å². The fraction of sp³-hybridized carbons (Fsp3) is 0.722. The summed E-state index contributed by atoms with van der Waals surface area (Å²) in [7, 11) is 4.21. The fourth-order valence-corrected chi connectivity index (χ4v) is 3.48. The third-order valence-corrected chi connectivity index (χ3v) is 4.76. The second-order valence-corrected chi connectivity index (χ2v) is 6.84. The quantitative estimate of drug-likeness (QED) is 0.645. The monoisotopic (exact) mass is 308 g/mol. The van der Waals surface area contributed by atoms with Gasteiger partial charge in [-0.2, -0.15) is 0 Å². The van der Waals surface area contributed by atoms with Crippen molar-refractivity contribution < 1.29 is 0 Å². The highest BCUT2D eigenvalue weighted by Gasteiger charge is 2.13. The first-order valence-electron chi connectivity index (χ1n) is 8.54. The molecule has 1 aromatic heterocycles. The number of halogens is 1. The van der Waals surface area contributed by atoms with E-state index in [-0.39, 0.29) is 0 Å². The number of fused-ring (bicyclic) bond motifs is 12. The van der Waals surface area contributed by atoms with E-state index in [1.54, 1.807) is 0 Å². The maximum Gasteiger partial charge on any atom is 0.134 e. The molecule has 1 aromatic rings. The standard InChI is InChI=1S/C18H29ClN2/c1-21(2)17-14-15-12-10-8-6-4-3-5-7-9-11-13-16(17)18(19)20-15/h14H,3-13H2,1-2H3. The van der Waals surface area contributed by atoms with Crippen LogP contribution in [0.5, 0.6) is 0 Å². The van der Waals surface area contributed by atoms with Gasteiger partial charge in [-0.3, -0.25) is 0 Å². The van der Waals surface area contributed by atoms with Crippen molar-refractivity contribution in [1.82, 2.24) is 4.98 Å². The fourth-order valence-electron chi connectivity index (χ4n) is 3.18. The summed E-state index contributed by atoms with van der Waals surface area (Å²) in [5.41, 5.74) is 3.66. The van der Waals surface area contributed by atoms with E-state index in [4.69, 9.17) is 11.6 Å². The third kappa shape index (κ3) is 5.18. The van der Waals surface area contributed by atoms with Crippen molar-refractivity contribution >= 4 is 17.3 Å². The van der Waals surface area contributed by atoms with Crippen LogP contribution in [0.4, 0.5) is 5.69 Å². The lowest BCUT2D eigenvalue weighted by Gasteiger charge is -2.20. The van der Waals surface area contributed by atoms with Crippen LogP contribution in [0.3, 0.4) is 0 Å². The predicted molar refractivity (Wildman–Crippen MR) is 92.5 cm³/mol. The van der Waals surface area contributed by atoms with Gasteiger partial charge in [0.2, 0.25) is 0 Å². The van der Waals surface area contributed by atoms with Crippen LogP contribution in [0.1, 0.15) is 69.0 Å². The van der Waals surface area contributed by atoms with E-state index in [1.807, 2.05) is 0 Å². The summed E-state index contributed by atoms with van der Waals surface area (Å²) in [6, 6.07) is 2.25. The molecule has 3 rings (SSSR count). The summed E-state index contributed by atoms with van der Waals surface area (Å²) in [4.78, 5) is 6.83. The van der Waals surface area contributed by atoms with Gasteiger partial charge in [0.1, 0.15) is 5.15 Å². The van der Waals surface area contributed by atoms with Crippen LogP contribution < -0.4 is 4.90 Å². The molecular weight excluding hydrogens is 280 g/mol. The SMILES string of the molecule is CN(C)c1cc2nc(Cl)c1CCCCCCCCCCC2. The minimum absolute atomic E-state index is 0.728. The zero-order valence-corrected chi connectivity index (χ0v) is 14.4. The maximum atomic E-state index is 6.48. The largest absolute Gasteiger partial charge is 0.377 e. The molecule has 0 radical (unpaired) electrons. The van der Waals surface area contributed by atoms with Crippen molar-refractivity contribution in [1.29, 1.82) is 0 Å². The molecule has 0 unspecified atom stereocenters. The lowest BCUT2D eigenvalue weighted by Crippen LogP contribution is -2.13. The Morgan fingerprint density at radius 2 is 1.38 bits per heavy atom. The maximum absolute atomic E-state index is 6.48. The van der Waals surface area contributed by atoms with Gasteiger partial charge in [-0.05, 0) is 31.7 Å². The summed E-state index contributed by atoms with van der Waals surface area (Å²) in [5, 5.41) is 0.728. The van der Waals surface area contributed by atoms with Gasteiger partial charge in [-0.1, -0.05) is 56.5 Å². The minimum Gasteiger partial charge on any atom is -0.377 e. The van der Waals surface area contributed by atoms with Crippen LogP contribution in [0.15, 0.2) is 6.07 Å². The number of pyridine rings is 1. The van der Waals surface area contributed by atoms with E-state index in [0.717, 1.165) is 23.7 Å². The zero-order valence-electron chi connectivity index (χ0n) is 13.6. The highest BCUT2D eigenvalue weighted by Crippen LogP contribution is 2.29. The smallest absolute Gasteiger partial charge is 0.134 e. The van der Waals surface area contributed by atoms with E-state index in [9.17, 15) is 0 Å². The van der Waals surface area contributed by atoms with Crippen LogP contribution in [0, 0.1) is 0 Å². The minimum atomic E-state index is 0.728. The van der Waals surface area contributed by atoms with E-state index in [2.05, 4.69) is 30.0 Å². The lowest BCUT2D eigenvalue weighted by atomic mass is 10.0. The number of anilines is 1.